The molecule has 0 fully saturated rings. The second kappa shape index (κ2) is 3.81. The number of carbonyl (C=O) groups is 1. The number of carbonyl (C=O) groups excluding carboxylic acids is 1. The number of halogens is 1. The summed E-state index contributed by atoms with van der Waals surface area (Å²) in [6, 6.07) is 5.66. The molecule has 2 rings (SSSR count). The van der Waals surface area contributed by atoms with E-state index in [-0.39, 0.29) is 6.61 Å². The van der Waals surface area contributed by atoms with E-state index in [2.05, 4.69) is 15.9 Å². The van der Waals surface area contributed by atoms with Crippen LogP contribution in [0.3, 0.4) is 0 Å². The monoisotopic (exact) mass is 270 g/mol. The molecule has 0 saturated carbocycles. The van der Waals surface area contributed by atoms with E-state index in [4.69, 9.17) is 5.11 Å². The number of fused-ring (bicyclic) bond motifs is 1. The molecule has 2 aromatic rings. The van der Waals surface area contributed by atoms with Crippen molar-refractivity contribution < 1.29 is 9.90 Å². The highest BCUT2D eigenvalue weighted by atomic mass is 79.9. The van der Waals surface area contributed by atoms with Crippen molar-refractivity contribution in [1.82, 2.24) is 0 Å². The van der Waals surface area contributed by atoms with Crippen molar-refractivity contribution >= 4 is 43.6 Å². The maximum absolute atomic E-state index is 10.9. The highest BCUT2D eigenvalue weighted by Crippen LogP contribution is 2.33. The molecule has 0 aliphatic heterocycles. The lowest BCUT2D eigenvalue weighted by molar-refractivity contribution is 0.112. The van der Waals surface area contributed by atoms with Crippen LogP contribution in [-0.2, 0) is 6.61 Å². The Kier molecular flexibility index (Phi) is 2.67. The maximum atomic E-state index is 10.9. The molecule has 0 saturated heterocycles. The minimum absolute atomic E-state index is 0.0977. The van der Waals surface area contributed by atoms with E-state index in [9.17, 15) is 4.79 Å². The summed E-state index contributed by atoms with van der Waals surface area (Å²) >= 11 is 4.88. The zero-order chi connectivity index (χ0) is 10.1. The van der Waals surface area contributed by atoms with Crippen LogP contribution in [0.1, 0.15) is 15.9 Å². The topological polar surface area (TPSA) is 37.3 Å². The second-order valence-corrected chi connectivity index (χ2v) is 5.31. The van der Waals surface area contributed by atoms with Gasteiger partial charge < -0.3 is 5.11 Å². The number of thiophene rings is 1. The highest BCUT2D eigenvalue weighted by Gasteiger charge is 2.08. The van der Waals surface area contributed by atoms with Crippen LogP contribution in [-0.4, -0.2) is 11.4 Å². The molecular weight excluding hydrogens is 264 g/mol. The Morgan fingerprint density at radius 3 is 2.93 bits per heavy atom. The summed E-state index contributed by atoms with van der Waals surface area (Å²) in [5.74, 6) is 0. The molecule has 1 heterocycles. The van der Waals surface area contributed by atoms with Crippen LogP contribution >= 0.6 is 27.3 Å². The van der Waals surface area contributed by atoms with E-state index in [1.165, 1.54) is 11.3 Å². The number of aliphatic hydroxyl groups is 1. The first-order valence-corrected chi connectivity index (χ1v) is 5.64. The third-order valence-electron chi connectivity index (χ3n) is 2.07. The number of benzene rings is 1. The van der Waals surface area contributed by atoms with Gasteiger partial charge in [0.1, 0.15) is 0 Å². The predicted molar refractivity (Wildman–Crippen MR) is 60.8 cm³/mol. The average molecular weight is 271 g/mol. The summed E-state index contributed by atoms with van der Waals surface area (Å²) in [7, 11) is 0. The molecule has 0 radical (unpaired) electrons. The summed E-state index contributed by atoms with van der Waals surface area (Å²) in [5.41, 5.74) is 1.28. The molecule has 0 aliphatic rings. The molecule has 1 aromatic carbocycles. The molecule has 0 spiro atoms. The van der Waals surface area contributed by atoms with Gasteiger partial charge in [-0.1, -0.05) is 12.1 Å². The van der Waals surface area contributed by atoms with E-state index in [0.717, 1.165) is 20.2 Å². The van der Waals surface area contributed by atoms with Crippen molar-refractivity contribution in [2.45, 2.75) is 6.61 Å². The molecule has 14 heavy (non-hydrogen) atoms. The summed E-state index contributed by atoms with van der Waals surface area (Å²) in [5, 5.41) is 10.1. The van der Waals surface area contributed by atoms with Crippen LogP contribution in [0.4, 0.5) is 0 Å². The van der Waals surface area contributed by atoms with Crippen LogP contribution in [0.25, 0.3) is 10.1 Å². The molecular formula is C10H7BrO2S. The zero-order valence-electron chi connectivity index (χ0n) is 7.16. The Balaban J connectivity index is 2.82. The van der Waals surface area contributed by atoms with Crippen molar-refractivity contribution in [1.29, 1.82) is 0 Å². The Bertz CT molecular complexity index is 490. The van der Waals surface area contributed by atoms with E-state index >= 15 is 0 Å². The van der Waals surface area contributed by atoms with Gasteiger partial charge in [-0.3, -0.25) is 4.79 Å². The molecule has 0 aliphatic carbocycles. The zero-order valence-corrected chi connectivity index (χ0v) is 9.56. The molecule has 0 atom stereocenters. The first-order chi connectivity index (χ1) is 6.76. The van der Waals surface area contributed by atoms with Gasteiger partial charge in [-0.25, -0.2) is 0 Å². The quantitative estimate of drug-likeness (QED) is 0.852. The lowest BCUT2D eigenvalue weighted by atomic mass is 10.1. The number of rotatable bonds is 2. The molecule has 1 N–H and O–H groups in total. The molecule has 1 aromatic heterocycles. The summed E-state index contributed by atoms with van der Waals surface area (Å²) in [6.45, 7) is -0.0977. The van der Waals surface area contributed by atoms with Crippen molar-refractivity contribution in [3.63, 3.8) is 0 Å². The van der Waals surface area contributed by atoms with Crippen LogP contribution in [0.5, 0.6) is 0 Å². The fourth-order valence-electron chi connectivity index (χ4n) is 1.40. The van der Waals surface area contributed by atoms with Crippen molar-refractivity contribution in [3.05, 3.63) is 33.1 Å². The molecule has 2 nitrogen and oxygen atoms in total. The Morgan fingerprint density at radius 1 is 1.50 bits per heavy atom. The third kappa shape index (κ3) is 1.49. The van der Waals surface area contributed by atoms with Crippen LogP contribution in [0.15, 0.2) is 22.0 Å². The molecule has 72 valence electrons. The second-order valence-electron chi connectivity index (χ2n) is 2.88. The maximum Gasteiger partial charge on any atom is 0.151 e. The van der Waals surface area contributed by atoms with E-state index in [1.54, 1.807) is 6.07 Å². The van der Waals surface area contributed by atoms with E-state index < -0.39 is 0 Å². The summed E-state index contributed by atoms with van der Waals surface area (Å²) < 4.78 is 1.92. The van der Waals surface area contributed by atoms with Gasteiger partial charge in [0.25, 0.3) is 0 Å². The van der Waals surface area contributed by atoms with Crippen molar-refractivity contribution in [3.8, 4) is 0 Å². The Labute approximate surface area is 93.3 Å². The van der Waals surface area contributed by atoms with Gasteiger partial charge in [0, 0.05) is 10.3 Å². The molecule has 0 amide bonds. The number of aldehydes is 1. The van der Waals surface area contributed by atoms with Crippen LogP contribution < -0.4 is 0 Å². The smallest absolute Gasteiger partial charge is 0.151 e. The molecule has 0 bridgehead atoms. The third-order valence-corrected chi connectivity index (χ3v) is 3.76. The van der Waals surface area contributed by atoms with Gasteiger partial charge in [0.2, 0.25) is 0 Å². The Hall–Kier alpha value is -0.710. The van der Waals surface area contributed by atoms with Gasteiger partial charge in [0.15, 0.2) is 6.29 Å². The number of hydrogen-bond acceptors (Lipinski definition) is 3. The Morgan fingerprint density at radius 2 is 2.29 bits per heavy atom. The highest BCUT2D eigenvalue weighted by molar-refractivity contribution is 9.11. The SMILES string of the molecule is O=Cc1c(CO)ccc2cc(Br)sc12. The summed E-state index contributed by atoms with van der Waals surface area (Å²) in [6.07, 6.45) is 0.802. The predicted octanol–water partition coefficient (Wildman–Crippen LogP) is 2.97. The first kappa shape index (κ1) is 9.83. The van der Waals surface area contributed by atoms with Gasteiger partial charge in [0.05, 0.1) is 10.4 Å². The summed E-state index contributed by atoms with van der Waals surface area (Å²) in [4.78, 5) is 10.9. The minimum Gasteiger partial charge on any atom is -0.392 e. The molecule has 0 unspecified atom stereocenters. The normalized spacial score (nSPS) is 10.7. The largest absolute Gasteiger partial charge is 0.392 e. The molecule has 4 heteroatoms. The van der Waals surface area contributed by atoms with Gasteiger partial charge in [-0.2, -0.15) is 0 Å². The van der Waals surface area contributed by atoms with E-state index in [0.29, 0.717) is 11.1 Å². The fraction of sp³-hybridized carbons (Fsp3) is 0.100. The number of aliphatic hydroxyl groups excluding tert-OH is 1. The minimum atomic E-state index is -0.0977. The first-order valence-electron chi connectivity index (χ1n) is 4.03. The number of hydrogen-bond donors (Lipinski definition) is 1. The standard InChI is InChI=1S/C10H7BrO2S/c11-9-3-6-1-2-7(4-12)8(5-13)10(6)14-9/h1-3,5,12H,4H2. The lowest BCUT2D eigenvalue weighted by Crippen LogP contribution is -1.91. The average Bonchev–Trinajstić information content (AvgIpc) is 2.56. The van der Waals surface area contributed by atoms with E-state index in [1.807, 2.05) is 12.1 Å². The van der Waals surface area contributed by atoms with Crippen molar-refractivity contribution in [2.24, 2.45) is 0 Å². The van der Waals surface area contributed by atoms with Crippen LogP contribution in [0, 0.1) is 0 Å². The van der Waals surface area contributed by atoms with Gasteiger partial charge >= 0.3 is 0 Å². The van der Waals surface area contributed by atoms with Crippen molar-refractivity contribution in [2.75, 3.05) is 0 Å². The van der Waals surface area contributed by atoms with Crippen LogP contribution in [0.2, 0.25) is 0 Å². The van der Waals surface area contributed by atoms with Gasteiger partial charge in [-0.05, 0) is 32.9 Å². The lowest BCUT2D eigenvalue weighted by Gasteiger charge is -2.01. The fourth-order valence-corrected chi connectivity index (χ4v) is 3.05. The van der Waals surface area contributed by atoms with Gasteiger partial charge in [-0.15, -0.1) is 11.3 Å².